The molecule has 1 aromatic rings. The molecule has 86 valence electrons. The molecule has 1 saturated carbocycles. The zero-order valence-corrected chi connectivity index (χ0v) is 10.2. The Morgan fingerprint density at radius 2 is 1.94 bits per heavy atom. The van der Waals surface area contributed by atoms with Crippen molar-refractivity contribution in [3.05, 3.63) is 29.8 Å². The van der Waals surface area contributed by atoms with Gasteiger partial charge in [0.25, 0.3) is 0 Å². The van der Waals surface area contributed by atoms with Crippen molar-refractivity contribution in [2.45, 2.75) is 36.7 Å². The Bertz CT molecular complexity index is 377. The molecule has 1 aliphatic heterocycles. The molecule has 0 unspecified atom stereocenters. The highest BCUT2D eigenvalue weighted by Gasteiger charge is 2.34. The Balaban J connectivity index is 1.96. The van der Waals surface area contributed by atoms with Crippen LogP contribution in [0.3, 0.4) is 0 Å². The summed E-state index contributed by atoms with van der Waals surface area (Å²) < 4.78 is 0. The first-order valence-electron chi connectivity index (χ1n) is 6.26. The second-order valence-electron chi connectivity index (χ2n) is 5.00. The van der Waals surface area contributed by atoms with E-state index in [1.807, 2.05) is 17.8 Å². The highest BCUT2D eigenvalue weighted by molar-refractivity contribution is 7.99. The number of thioether (sulfide) groups is 1. The number of rotatable bonds is 0. The van der Waals surface area contributed by atoms with Crippen LogP contribution < -0.4 is 0 Å². The summed E-state index contributed by atoms with van der Waals surface area (Å²) in [7, 11) is 0. The molecule has 2 aliphatic rings. The third-order valence-corrected chi connectivity index (χ3v) is 5.34. The van der Waals surface area contributed by atoms with Crippen molar-refractivity contribution in [2.75, 3.05) is 5.75 Å². The van der Waals surface area contributed by atoms with Gasteiger partial charge in [-0.2, -0.15) is 0 Å². The first-order valence-corrected chi connectivity index (χ1v) is 7.24. The summed E-state index contributed by atoms with van der Waals surface area (Å²) >= 11 is 1.94. The monoisotopic (exact) mass is 234 g/mol. The molecule has 1 heterocycles. The van der Waals surface area contributed by atoms with Gasteiger partial charge in [0.2, 0.25) is 0 Å². The lowest BCUT2D eigenvalue weighted by atomic mass is 9.75. The number of benzene rings is 1. The van der Waals surface area contributed by atoms with Gasteiger partial charge in [-0.05, 0) is 36.3 Å². The Morgan fingerprint density at radius 3 is 2.88 bits per heavy atom. The predicted molar refractivity (Wildman–Crippen MR) is 67.6 cm³/mol. The maximum absolute atomic E-state index is 10.5. The van der Waals surface area contributed by atoms with E-state index in [-0.39, 0.29) is 6.10 Å². The van der Waals surface area contributed by atoms with Crippen LogP contribution >= 0.6 is 11.8 Å². The third kappa shape index (κ3) is 1.78. The summed E-state index contributed by atoms with van der Waals surface area (Å²) in [5.41, 5.74) is 1.17. The van der Waals surface area contributed by atoms with Crippen LogP contribution in [-0.4, -0.2) is 10.9 Å². The van der Waals surface area contributed by atoms with Gasteiger partial charge in [0, 0.05) is 10.6 Å². The molecule has 16 heavy (non-hydrogen) atoms. The van der Waals surface area contributed by atoms with Crippen LogP contribution in [-0.2, 0) is 0 Å². The van der Waals surface area contributed by atoms with Gasteiger partial charge in [-0.15, -0.1) is 11.8 Å². The number of aliphatic hydroxyl groups excluding tert-OH is 1. The largest absolute Gasteiger partial charge is 0.388 e. The van der Waals surface area contributed by atoms with Crippen molar-refractivity contribution in [1.82, 2.24) is 0 Å². The average molecular weight is 234 g/mol. The Morgan fingerprint density at radius 1 is 1.12 bits per heavy atom. The van der Waals surface area contributed by atoms with Crippen LogP contribution in [0.2, 0.25) is 0 Å². The third-order valence-electron chi connectivity index (χ3n) is 4.06. The minimum absolute atomic E-state index is 0.225. The van der Waals surface area contributed by atoms with E-state index < -0.39 is 0 Å². The van der Waals surface area contributed by atoms with Gasteiger partial charge in [-0.1, -0.05) is 31.0 Å². The summed E-state index contributed by atoms with van der Waals surface area (Å²) in [6, 6.07) is 8.38. The standard InChI is InChI=1S/C14H18OS/c15-14-11-6-2-1-5-10(11)9-16-13-8-4-3-7-12(13)14/h3-4,7-8,10-11,14-15H,1-2,5-6,9H2/t10-,11-,14+/m0/s1. The highest BCUT2D eigenvalue weighted by atomic mass is 32.2. The van der Waals surface area contributed by atoms with E-state index in [0.717, 1.165) is 5.92 Å². The van der Waals surface area contributed by atoms with Crippen LogP contribution in [0, 0.1) is 11.8 Å². The quantitative estimate of drug-likeness (QED) is 0.739. The molecule has 3 atom stereocenters. The van der Waals surface area contributed by atoms with E-state index in [2.05, 4.69) is 18.2 Å². The molecular formula is C14H18OS. The minimum Gasteiger partial charge on any atom is -0.388 e. The van der Waals surface area contributed by atoms with Crippen molar-refractivity contribution in [2.24, 2.45) is 11.8 Å². The zero-order valence-electron chi connectivity index (χ0n) is 9.43. The molecule has 0 radical (unpaired) electrons. The van der Waals surface area contributed by atoms with E-state index in [4.69, 9.17) is 0 Å². The summed E-state index contributed by atoms with van der Waals surface area (Å²) in [5, 5.41) is 10.5. The molecular weight excluding hydrogens is 216 g/mol. The van der Waals surface area contributed by atoms with Crippen LogP contribution in [0.25, 0.3) is 0 Å². The van der Waals surface area contributed by atoms with Gasteiger partial charge in [-0.3, -0.25) is 0 Å². The summed E-state index contributed by atoms with van der Waals surface area (Å²) in [6.07, 6.45) is 4.94. The topological polar surface area (TPSA) is 20.2 Å². The van der Waals surface area contributed by atoms with E-state index in [9.17, 15) is 5.11 Å². The molecule has 1 N–H and O–H groups in total. The Labute approximate surface area is 101 Å². The predicted octanol–water partition coefficient (Wildman–Crippen LogP) is 3.63. The maximum atomic E-state index is 10.5. The fourth-order valence-corrected chi connectivity index (χ4v) is 4.48. The number of hydrogen-bond acceptors (Lipinski definition) is 2. The van der Waals surface area contributed by atoms with Gasteiger partial charge in [-0.25, -0.2) is 0 Å². The van der Waals surface area contributed by atoms with Gasteiger partial charge < -0.3 is 5.11 Å². The maximum Gasteiger partial charge on any atom is 0.0831 e. The number of fused-ring (bicyclic) bond motifs is 2. The summed E-state index contributed by atoms with van der Waals surface area (Å²) in [4.78, 5) is 1.30. The lowest BCUT2D eigenvalue weighted by Crippen LogP contribution is -2.25. The molecule has 1 fully saturated rings. The lowest BCUT2D eigenvalue weighted by Gasteiger charge is -2.32. The average Bonchev–Trinajstić information content (AvgIpc) is 2.49. The van der Waals surface area contributed by atoms with Gasteiger partial charge >= 0.3 is 0 Å². The normalized spacial score (nSPS) is 33.7. The first kappa shape index (κ1) is 10.7. The van der Waals surface area contributed by atoms with Crippen LogP contribution in [0.5, 0.6) is 0 Å². The highest BCUT2D eigenvalue weighted by Crippen LogP contribution is 2.46. The Kier molecular flexibility index (Phi) is 2.95. The zero-order chi connectivity index (χ0) is 11.0. The van der Waals surface area contributed by atoms with Gasteiger partial charge in [0.05, 0.1) is 6.10 Å². The van der Waals surface area contributed by atoms with Crippen LogP contribution in [0.4, 0.5) is 0 Å². The molecule has 3 rings (SSSR count). The van der Waals surface area contributed by atoms with Gasteiger partial charge in [0.15, 0.2) is 0 Å². The van der Waals surface area contributed by atoms with E-state index in [1.165, 1.54) is 41.9 Å². The summed E-state index contributed by atoms with van der Waals surface area (Å²) in [5.74, 6) is 2.42. The summed E-state index contributed by atoms with van der Waals surface area (Å²) in [6.45, 7) is 0. The number of hydrogen-bond donors (Lipinski definition) is 1. The molecule has 0 spiro atoms. The fourth-order valence-electron chi connectivity index (χ4n) is 3.14. The molecule has 0 aromatic heterocycles. The number of aliphatic hydroxyl groups is 1. The molecule has 0 bridgehead atoms. The van der Waals surface area contributed by atoms with Crippen LogP contribution in [0.1, 0.15) is 37.4 Å². The van der Waals surface area contributed by atoms with Crippen molar-refractivity contribution in [1.29, 1.82) is 0 Å². The Hall–Kier alpha value is -0.470. The van der Waals surface area contributed by atoms with E-state index in [0.29, 0.717) is 5.92 Å². The fraction of sp³-hybridized carbons (Fsp3) is 0.571. The molecule has 1 aromatic carbocycles. The molecule has 0 saturated heterocycles. The van der Waals surface area contributed by atoms with Crippen molar-refractivity contribution in [3.63, 3.8) is 0 Å². The second-order valence-corrected chi connectivity index (χ2v) is 6.06. The first-order chi connectivity index (χ1) is 7.86. The van der Waals surface area contributed by atoms with Crippen LogP contribution in [0.15, 0.2) is 29.2 Å². The minimum atomic E-state index is -0.225. The second kappa shape index (κ2) is 4.42. The van der Waals surface area contributed by atoms with Crippen molar-refractivity contribution < 1.29 is 5.11 Å². The molecule has 1 nitrogen and oxygen atoms in total. The van der Waals surface area contributed by atoms with Crippen molar-refractivity contribution >= 4 is 11.8 Å². The molecule has 2 heteroatoms. The smallest absolute Gasteiger partial charge is 0.0831 e. The van der Waals surface area contributed by atoms with Crippen molar-refractivity contribution in [3.8, 4) is 0 Å². The lowest BCUT2D eigenvalue weighted by molar-refractivity contribution is 0.0543. The SMILES string of the molecule is O[C@H]1c2ccccc2SC[C@@H]2CCCC[C@@H]21. The van der Waals surface area contributed by atoms with E-state index >= 15 is 0 Å². The van der Waals surface area contributed by atoms with Gasteiger partial charge in [0.1, 0.15) is 0 Å². The molecule has 1 aliphatic carbocycles. The van der Waals surface area contributed by atoms with E-state index in [1.54, 1.807) is 0 Å². The molecule has 0 amide bonds.